The van der Waals surface area contributed by atoms with E-state index in [0.717, 1.165) is 17.8 Å². The molecule has 0 bridgehead atoms. The first-order chi connectivity index (χ1) is 6.07. The molecule has 0 aliphatic carbocycles. The third kappa shape index (κ3) is 7.06. The summed E-state index contributed by atoms with van der Waals surface area (Å²) in [5.74, 6) is 2.62. The largest absolute Gasteiger partial charge is 0.320 e. The van der Waals surface area contributed by atoms with Crippen molar-refractivity contribution in [3.05, 3.63) is 0 Å². The van der Waals surface area contributed by atoms with Gasteiger partial charge in [0.2, 0.25) is 0 Å². The molecule has 0 rings (SSSR count). The molecule has 2 atom stereocenters. The summed E-state index contributed by atoms with van der Waals surface area (Å²) in [5, 5.41) is 3.20. The van der Waals surface area contributed by atoms with Crippen LogP contribution >= 0.6 is 0 Å². The molecular weight excluding hydrogens is 158 g/mol. The number of hydrogen-bond acceptors (Lipinski definition) is 1. The Morgan fingerprint density at radius 3 is 2.08 bits per heavy atom. The van der Waals surface area contributed by atoms with Gasteiger partial charge < -0.3 is 5.32 Å². The Labute approximate surface area is 84.3 Å². The first kappa shape index (κ1) is 13.0. The fourth-order valence-corrected chi connectivity index (χ4v) is 1.86. The normalized spacial score (nSPS) is 16.2. The summed E-state index contributed by atoms with van der Waals surface area (Å²) in [6.07, 6.45) is 4.07. The summed E-state index contributed by atoms with van der Waals surface area (Å²) in [6, 6.07) is 0. The van der Waals surface area contributed by atoms with Crippen LogP contribution in [0.4, 0.5) is 0 Å². The van der Waals surface area contributed by atoms with E-state index < -0.39 is 0 Å². The maximum Gasteiger partial charge on any atom is -0.00518 e. The average Bonchev–Trinajstić information content (AvgIpc) is 2.03. The van der Waals surface area contributed by atoms with Gasteiger partial charge in [0.1, 0.15) is 0 Å². The minimum Gasteiger partial charge on any atom is -0.320 e. The molecule has 0 aromatic carbocycles. The predicted molar refractivity (Wildman–Crippen MR) is 60.9 cm³/mol. The SMILES string of the molecule is CNCCCC(C)[C@H](C)CC(C)C. The summed E-state index contributed by atoms with van der Waals surface area (Å²) >= 11 is 0. The molecule has 1 N–H and O–H groups in total. The van der Waals surface area contributed by atoms with E-state index in [1.807, 2.05) is 7.05 Å². The molecule has 0 fully saturated rings. The molecule has 1 unspecified atom stereocenters. The molecule has 80 valence electrons. The lowest BCUT2D eigenvalue weighted by Crippen LogP contribution is -2.14. The Kier molecular flexibility index (Phi) is 7.35. The first-order valence-corrected chi connectivity index (χ1v) is 5.72. The van der Waals surface area contributed by atoms with E-state index in [4.69, 9.17) is 0 Å². The molecular formula is C12H27N. The summed E-state index contributed by atoms with van der Waals surface area (Å²) in [4.78, 5) is 0. The summed E-state index contributed by atoms with van der Waals surface area (Å²) in [6.45, 7) is 10.6. The van der Waals surface area contributed by atoms with Crippen LogP contribution in [0, 0.1) is 17.8 Å². The molecule has 0 radical (unpaired) electrons. The molecule has 0 aliphatic heterocycles. The molecule has 0 aromatic heterocycles. The molecule has 1 heteroatoms. The van der Waals surface area contributed by atoms with Crippen LogP contribution < -0.4 is 5.32 Å². The highest BCUT2D eigenvalue weighted by atomic mass is 14.8. The quantitative estimate of drug-likeness (QED) is 0.600. The van der Waals surface area contributed by atoms with Crippen LogP contribution in [-0.2, 0) is 0 Å². The van der Waals surface area contributed by atoms with E-state index in [1.54, 1.807) is 0 Å². The van der Waals surface area contributed by atoms with E-state index in [0.29, 0.717) is 0 Å². The van der Waals surface area contributed by atoms with E-state index in [1.165, 1.54) is 25.8 Å². The van der Waals surface area contributed by atoms with Crippen LogP contribution in [0.5, 0.6) is 0 Å². The van der Waals surface area contributed by atoms with Crippen LogP contribution in [0.25, 0.3) is 0 Å². The van der Waals surface area contributed by atoms with Crippen LogP contribution in [0.1, 0.15) is 47.0 Å². The minimum atomic E-state index is 0.849. The number of nitrogens with one attached hydrogen (secondary N) is 1. The van der Waals surface area contributed by atoms with Gasteiger partial charge in [-0.25, -0.2) is 0 Å². The van der Waals surface area contributed by atoms with Crippen molar-refractivity contribution in [1.29, 1.82) is 0 Å². The third-order valence-corrected chi connectivity index (χ3v) is 2.90. The zero-order valence-corrected chi connectivity index (χ0v) is 10.1. The van der Waals surface area contributed by atoms with Gasteiger partial charge in [0, 0.05) is 0 Å². The van der Waals surface area contributed by atoms with Gasteiger partial charge in [-0.15, -0.1) is 0 Å². The molecule has 0 aliphatic rings. The van der Waals surface area contributed by atoms with Crippen molar-refractivity contribution in [2.75, 3.05) is 13.6 Å². The number of rotatable bonds is 7. The van der Waals surface area contributed by atoms with Gasteiger partial charge in [-0.1, -0.05) is 27.7 Å². The van der Waals surface area contributed by atoms with Gasteiger partial charge in [-0.2, -0.15) is 0 Å². The van der Waals surface area contributed by atoms with Crippen molar-refractivity contribution in [3.8, 4) is 0 Å². The monoisotopic (exact) mass is 185 g/mol. The fourth-order valence-electron chi connectivity index (χ4n) is 1.86. The standard InChI is InChI=1S/C12H27N/c1-10(2)9-12(4)11(3)7-6-8-13-5/h10-13H,6-9H2,1-5H3/t11?,12-/m1/s1. The second-order valence-corrected chi connectivity index (χ2v) is 4.83. The summed E-state index contributed by atoms with van der Waals surface area (Å²) in [7, 11) is 2.03. The van der Waals surface area contributed by atoms with E-state index >= 15 is 0 Å². The Morgan fingerprint density at radius 1 is 1.00 bits per heavy atom. The second-order valence-electron chi connectivity index (χ2n) is 4.83. The molecule has 0 amide bonds. The zero-order valence-electron chi connectivity index (χ0n) is 10.1. The lowest BCUT2D eigenvalue weighted by Gasteiger charge is -2.21. The van der Waals surface area contributed by atoms with Crippen molar-refractivity contribution in [1.82, 2.24) is 5.32 Å². The smallest absolute Gasteiger partial charge is 0.00518 e. The second kappa shape index (κ2) is 7.37. The van der Waals surface area contributed by atoms with Crippen LogP contribution in [0.2, 0.25) is 0 Å². The number of hydrogen-bond donors (Lipinski definition) is 1. The van der Waals surface area contributed by atoms with Crippen molar-refractivity contribution in [3.63, 3.8) is 0 Å². The van der Waals surface area contributed by atoms with E-state index in [2.05, 4.69) is 33.0 Å². The van der Waals surface area contributed by atoms with Gasteiger partial charge in [0.05, 0.1) is 0 Å². The first-order valence-electron chi connectivity index (χ1n) is 5.72. The van der Waals surface area contributed by atoms with Crippen molar-refractivity contribution in [2.45, 2.75) is 47.0 Å². The topological polar surface area (TPSA) is 12.0 Å². The highest BCUT2D eigenvalue weighted by Gasteiger charge is 2.12. The lowest BCUT2D eigenvalue weighted by molar-refractivity contribution is 0.303. The Hall–Kier alpha value is -0.0400. The lowest BCUT2D eigenvalue weighted by atomic mass is 9.85. The van der Waals surface area contributed by atoms with Gasteiger partial charge in [0.25, 0.3) is 0 Å². The van der Waals surface area contributed by atoms with Crippen molar-refractivity contribution < 1.29 is 0 Å². The molecule has 0 saturated carbocycles. The molecule has 0 heterocycles. The molecule has 1 nitrogen and oxygen atoms in total. The fraction of sp³-hybridized carbons (Fsp3) is 1.00. The van der Waals surface area contributed by atoms with Gasteiger partial charge >= 0.3 is 0 Å². The highest BCUT2D eigenvalue weighted by Crippen LogP contribution is 2.23. The van der Waals surface area contributed by atoms with Crippen LogP contribution in [0.15, 0.2) is 0 Å². The minimum absolute atomic E-state index is 0.849. The maximum absolute atomic E-state index is 3.20. The zero-order chi connectivity index (χ0) is 10.3. The summed E-state index contributed by atoms with van der Waals surface area (Å²) in [5.41, 5.74) is 0. The highest BCUT2D eigenvalue weighted by molar-refractivity contribution is 4.64. The molecule has 0 spiro atoms. The Balaban J connectivity index is 3.50. The molecule has 0 aromatic rings. The van der Waals surface area contributed by atoms with Gasteiger partial charge in [0.15, 0.2) is 0 Å². The van der Waals surface area contributed by atoms with Crippen molar-refractivity contribution in [2.24, 2.45) is 17.8 Å². The van der Waals surface area contributed by atoms with Crippen molar-refractivity contribution >= 4 is 0 Å². The molecule has 13 heavy (non-hydrogen) atoms. The van der Waals surface area contributed by atoms with Gasteiger partial charge in [-0.05, 0) is 50.6 Å². The van der Waals surface area contributed by atoms with Crippen LogP contribution in [-0.4, -0.2) is 13.6 Å². The predicted octanol–water partition coefficient (Wildman–Crippen LogP) is 3.30. The third-order valence-electron chi connectivity index (χ3n) is 2.90. The Bertz CT molecular complexity index is 110. The van der Waals surface area contributed by atoms with E-state index in [9.17, 15) is 0 Å². The average molecular weight is 185 g/mol. The molecule has 0 saturated heterocycles. The van der Waals surface area contributed by atoms with Gasteiger partial charge in [-0.3, -0.25) is 0 Å². The van der Waals surface area contributed by atoms with Crippen LogP contribution in [0.3, 0.4) is 0 Å². The maximum atomic E-state index is 3.20. The summed E-state index contributed by atoms with van der Waals surface area (Å²) < 4.78 is 0. The van der Waals surface area contributed by atoms with E-state index in [-0.39, 0.29) is 0 Å². The Morgan fingerprint density at radius 2 is 1.62 bits per heavy atom.